The van der Waals surface area contributed by atoms with E-state index in [0.717, 1.165) is 11.1 Å². The highest BCUT2D eigenvalue weighted by atomic mass is 16.2. The lowest BCUT2D eigenvalue weighted by Crippen LogP contribution is -2.22. The minimum atomic E-state index is -0.368. The molecule has 0 radical (unpaired) electrons. The van der Waals surface area contributed by atoms with Crippen molar-refractivity contribution in [1.29, 1.82) is 0 Å². The third kappa shape index (κ3) is 4.99. The predicted octanol–water partition coefficient (Wildman–Crippen LogP) is 3.54. The van der Waals surface area contributed by atoms with Gasteiger partial charge in [0.2, 0.25) is 11.7 Å². The maximum absolute atomic E-state index is 12.7. The van der Waals surface area contributed by atoms with Crippen molar-refractivity contribution in [2.45, 2.75) is 13.5 Å². The lowest BCUT2D eigenvalue weighted by molar-refractivity contribution is -0.117. The van der Waals surface area contributed by atoms with Crippen LogP contribution in [0.25, 0.3) is 11.4 Å². The van der Waals surface area contributed by atoms with Crippen LogP contribution in [-0.2, 0) is 11.3 Å². The van der Waals surface area contributed by atoms with Gasteiger partial charge in [-0.1, -0.05) is 60.2 Å². The second-order valence-electron chi connectivity index (χ2n) is 6.92. The fourth-order valence-corrected chi connectivity index (χ4v) is 2.96. The van der Waals surface area contributed by atoms with E-state index >= 15 is 0 Å². The molecule has 4 rings (SSSR count). The molecule has 8 heteroatoms. The Morgan fingerprint density at radius 3 is 2.35 bits per heavy atom. The Morgan fingerprint density at radius 1 is 0.871 bits per heavy atom. The molecular weight excluding hydrogens is 392 g/mol. The van der Waals surface area contributed by atoms with Crippen LogP contribution in [0.3, 0.4) is 0 Å². The molecule has 1 heterocycles. The molecule has 0 saturated carbocycles. The number of para-hydroxylation sites is 2. The number of rotatable bonds is 6. The summed E-state index contributed by atoms with van der Waals surface area (Å²) in [5, 5.41) is 17.8. The Morgan fingerprint density at radius 2 is 1.58 bits per heavy atom. The highest BCUT2D eigenvalue weighted by Crippen LogP contribution is 2.18. The summed E-state index contributed by atoms with van der Waals surface area (Å²) in [7, 11) is 0. The summed E-state index contributed by atoms with van der Waals surface area (Å²) in [6.07, 6.45) is 0. The van der Waals surface area contributed by atoms with Gasteiger partial charge >= 0.3 is 0 Å². The number of amides is 2. The van der Waals surface area contributed by atoms with E-state index in [9.17, 15) is 9.59 Å². The third-order valence-corrected chi connectivity index (χ3v) is 4.53. The minimum Gasteiger partial charge on any atom is -0.324 e. The Kier molecular flexibility index (Phi) is 5.79. The zero-order chi connectivity index (χ0) is 21.6. The molecule has 0 aliphatic heterocycles. The Hall–Kier alpha value is -4.33. The molecule has 4 aromatic rings. The molecule has 0 saturated heterocycles. The summed E-state index contributed by atoms with van der Waals surface area (Å²) in [6.45, 7) is 1.86. The van der Waals surface area contributed by atoms with Crippen LogP contribution in [0.15, 0.2) is 78.9 Å². The number of aromatic nitrogens is 4. The van der Waals surface area contributed by atoms with Crippen LogP contribution in [-0.4, -0.2) is 32.0 Å². The molecule has 0 fully saturated rings. The summed E-state index contributed by atoms with van der Waals surface area (Å²) in [4.78, 5) is 26.4. The normalized spacial score (nSPS) is 10.5. The number of nitrogens with zero attached hydrogens (tertiary/aromatic N) is 4. The standard InChI is InChI=1S/C23H20N6O2/c1-16-11-13-17(14-12-16)22-26-28-29(27-22)15-21(30)25-20-10-6-5-9-19(20)23(31)24-18-7-3-2-4-8-18/h2-14H,15H2,1H3,(H,24,31)(H,25,30). The molecule has 154 valence electrons. The van der Waals surface area contributed by atoms with Gasteiger partial charge in [0.15, 0.2) is 0 Å². The molecule has 8 nitrogen and oxygen atoms in total. The predicted molar refractivity (Wildman–Crippen MR) is 117 cm³/mol. The Balaban J connectivity index is 1.43. The van der Waals surface area contributed by atoms with E-state index in [0.29, 0.717) is 22.8 Å². The maximum Gasteiger partial charge on any atom is 0.257 e. The van der Waals surface area contributed by atoms with Crippen molar-refractivity contribution in [3.05, 3.63) is 90.0 Å². The van der Waals surface area contributed by atoms with Gasteiger partial charge in [0, 0.05) is 11.3 Å². The second-order valence-corrected chi connectivity index (χ2v) is 6.92. The molecular formula is C23H20N6O2. The van der Waals surface area contributed by atoms with Gasteiger partial charge in [0.05, 0.1) is 11.3 Å². The van der Waals surface area contributed by atoms with Crippen molar-refractivity contribution < 1.29 is 9.59 Å². The number of hydrogen-bond donors (Lipinski definition) is 2. The van der Waals surface area contributed by atoms with E-state index in [2.05, 4.69) is 26.0 Å². The minimum absolute atomic E-state index is 0.131. The van der Waals surface area contributed by atoms with Gasteiger partial charge in [-0.3, -0.25) is 9.59 Å². The third-order valence-electron chi connectivity index (χ3n) is 4.53. The van der Waals surface area contributed by atoms with Crippen LogP contribution in [0, 0.1) is 6.92 Å². The summed E-state index contributed by atoms with van der Waals surface area (Å²) in [6, 6.07) is 23.6. The quantitative estimate of drug-likeness (QED) is 0.504. The fourth-order valence-electron chi connectivity index (χ4n) is 2.96. The number of aryl methyl sites for hydroxylation is 1. The van der Waals surface area contributed by atoms with Crippen LogP contribution in [0.5, 0.6) is 0 Å². The highest BCUT2D eigenvalue weighted by molar-refractivity contribution is 6.10. The van der Waals surface area contributed by atoms with Gasteiger partial charge < -0.3 is 10.6 Å². The van der Waals surface area contributed by atoms with Crippen LogP contribution >= 0.6 is 0 Å². The van der Waals surface area contributed by atoms with Crippen molar-refractivity contribution in [2.75, 3.05) is 10.6 Å². The van der Waals surface area contributed by atoms with Gasteiger partial charge in [0.1, 0.15) is 6.54 Å². The average molecular weight is 412 g/mol. The van der Waals surface area contributed by atoms with E-state index < -0.39 is 0 Å². The molecule has 1 aromatic heterocycles. The van der Waals surface area contributed by atoms with Gasteiger partial charge in [-0.25, -0.2) is 0 Å². The molecule has 31 heavy (non-hydrogen) atoms. The maximum atomic E-state index is 12.7. The number of nitrogens with one attached hydrogen (secondary N) is 2. The summed E-state index contributed by atoms with van der Waals surface area (Å²) >= 11 is 0. The van der Waals surface area contributed by atoms with Crippen molar-refractivity contribution in [3.8, 4) is 11.4 Å². The number of carbonyl (C=O) groups excluding carboxylic acids is 2. The van der Waals surface area contributed by atoms with Gasteiger partial charge in [-0.15, -0.1) is 10.2 Å². The van der Waals surface area contributed by atoms with E-state index in [1.807, 2.05) is 49.4 Å². The van der Waals surface area contributed by atoms with E-state index in [4.69, 9.17) is 0 Å². The molecule has 2 N–H and O–H groups in total. The summed E-state index contributed by atoms with van der Waals surface area (Å²) < 4.78 is 0. The number of carbonyl (C=O) groups is 2. The monoisotopic (exact) mass is 412 g/mol. The molecule has 0 atom stereocenters. The fraction of sp³-hybridized carbons (Fsp3) is 0.0870. The van der Waals surface area contributed by atoms with Gasteiger partial charge in [-0.2, -0.15) is 4.80 Å². The zero-order valence-electron chi connectivity index (χ0n) is 16.8. The molecule has 0 aliphatic rings. The SMILES string of the molecule is Cc1ccc(-c2nnn(CC(=O)Nc3ccccc3C(=O)Nc3ccccc3)n2)cc1. The van der Waals surface area contributed by atoms with E-state index in [1.165, 1.54) is 4.80 Å². The number of tetrazole rings is 1. The smallest absolute Gasteiger partial charge is 0.257 e. The van der Waals surface area contributed by atoms with E-state index in [1.54, 1.807) is 36.4 Å². The summed E-state index contributed by atoms with van der Waals surface area (Å²) in [5.74, 6) is -0.245. The molecule has 0 spiro atoms. The molecule has 0 aliphatic carbocycles. The van der Waals surface area contributed by atoms with E-state index in [-0.39, 0.29) is 18.4 Å². The first-order valence-corrected chi connectivity index (χ1v) is 9.68. The van der Waals surface area contributed by atoms with Crippen LogP contribution in [0.4, 0.5) is 11.4 Å². The molecule has 3 aromatic carbocycles. The van der Waals surface area contributed by atoms with Gasteiger partial charge in [0.25, 0.3) is 5.91 Å². The number of hydrogen-bond acceptors (Lipinski definition) is 5. The average Bonchev–Trinajstić information content (AvgIpc) is 3.23. The molecule has 0 bridgehead atoms. The molecule has 0 unspecified atom stereocenters. The van der Waals surface area contributed by atoms with Crippen molar-refractivity contribution >= 4 is 23.2 Å². The molecule has 2 amide bonds. The largest absolute Gasteiger partial charge is 0.324 e. The first kappa shape index (κ1) is 20.0. The number of anilines is 2. The number of benzene rings is 3. The Bertz CT molecular complexity index is 1200. The second kappa shape index (κ2) is 9.00. The topological polar surface area (TPSA) is 102 Å². The summed E-state index contributed by atoms with van der Waals surface area (Å²) in [5.41, 5.74) is 3.38. The van der Waals surface area contributed by atoms with Crippen molar-refractivity contribution in [2.24, 2.45) is 0 Å². The zero-order valence-corrected chi connectivity index (χ0v) is 16.8. The lowest BCUT2D eigenvalue weighted by atomic mass is 10.1. The Labute approximate surface area is 178 Å². The van der Waals surface area contributed by atoms with Crippen molar-refractivity contribution in [1.82, 2.24) is 20.2 Å². The van der Waals surface area contributed by atoms with Crippen LogP contribution in [0.1, 0.15) is 15.9 Å². The lowest BCUT2D eigenvalue weighted by Gasteiger charge is -2.11. The first-order chi connectivity index (χ1) is 15.1. The van der Waals surface area contributed by atoms with Gasteiger partial charge in [-0.05, 0) is 36.4 Å². The first-order valence-electron chi connectivity index (χ1n) is 9.68. The highest BCUT2D eigenvalue weighted by Gasteiger charge is 2.15. The van der Waals surface area contributed by atoms with Crippen LogP contribution < -0.4 is 10.6 Å². The van der Waals surface area contributed by atoms with Crippen molar-refractivity contribution in [3.63, 3.8) is 0 Å². The van der Waals surface area contributed by atoms with Crippen LogP contribution in [0.2, 0.25) is 0 Å².